The Kier molecular flexibility index (Phi) is 4.72. The second kappa shape index (κ2) is 6.34. The molecule has 0 aliphatic heterocycles. The van der Waals surface area contributed by atoms with Gasteiger partial charge in [-0.2, -0.15) is 0 Å². The topological polar surface area (TPSA) is 79.3 Å². The van der Waals surface area contributed by atoms with Crippen molar-refractivity contribution in [1.82, 2.24) is 9.71 Å². The van der Waals surface area contributed by atoms with Crippen molar-refractivity contribution in [2.24, 2.45) is 0 Å². The summed E-state index contributed by atoms with van der Waals surface area (Å²) in [6, 6.07) is 8.38. The molecule has 0 aliphatic rings. The molecule has 0 saturated carbocycles. The lowest BCUT2D eigenvalue weighted by molar-refractivity contribution is 0.280. The molecule has 0 unspecified atom stereocenters. The second-order valence-electron chi connectivity index (χ2n) is 4.88. The third-order valence-electron chi connectivity index (χ3n) is 3.24. The second-order valence-corrected chi connectivity index (χ2v) is 6.65. The lowest BCUT2D eigenvalue weighted by atomic mass is 10.1. The summed E-state index contributed by atoms with van der Waals surface area (Å²) in [7, 11) is -3.61. The van der Waals surface area contributed by atoms with E-state index in [1.807, 2.05) is 26.0 Å². The molecule has 0 aliphatic carbocycles. The predicted molar refractivity (Wildman–Crippen MR) is 80.1 cm³/mol. The van der Waals surface area contributed by atoms with Crippen LogP contribution < -0.4 is 4.72 Å². The smallest absolute Gasteiger partial charge is 0.240 e. The van der Waals surface area contributed by atoms with Crippen LogP contribution in [-0.4, -0.2) is 18.5 Å². The number of aliphatic hydroxyl groups is 1. The fourth-order valence-electron chi connectivity index (χ4n) is 1.85. The largest absolute Gasteiger partial charge is 0.392 e. The summed E-state index contributed by atoms with van der Waals surface area (Å²) in [4.78, 5) is 4.27. The van der Waals surface area contributed by atoms with Crippen molar-refractivity contribution in [2.75, 3.05) is 0 Å². The fraction of sp³-hybridized carbons (Fsp3) is 0.267. The van der Waals surface area contributed by atoms with Crippen molar-refractivity contribution in [3.8, 4) is 0 Å². The van der Waals surface area contributed by atoms with Crippen molar-refractivity contribution in [3.05, 3.63) is 58.9 Å². The van der Waals surface area contributed by atoms with Gasteiger partial charge in [0.05, 0.1) is 11.5 Å². The van der Waals surface area contributed by atoms with Crippen LogP contribution in [0, 0.1) is 13.8 Å². The molecule has 0 bridgehead atoms. The first-order valence-electron chi connectivity index (χ1n) is 6.54. The third-order valence-corrected chi connectivity index (χ3v) is 4.64. The number of benzene rings is 1. The van der Waals surface area contributed by atoms with Gasteiger partial charge in [0.2, 0.25) is 10.0 Å². The van der Waals surface area contributed by atoms with Crippen LogP contribution >= 0.6 is 0 Å². The zero-order chi connectivity index (χ0) is 15.5. The maximum Gasteiger partial charge on any atom is 0.240 e. The van der Waals surface area contributed by atoms with E-state index in [4.69, 9.17) is 0 Å². The van der Waals surface area contributed by atoms with E-state index in [0.29, 0.717) is 5.56 Å². The van der Waals surface area contributed by atoms with Gasteiger partial charge in [-0.15, -0.1) is 0 Å². The number of sulfonamides is 1. The van der Waals surface area contributed by atoms with E-state index in [1.165, 1.54) is 12.1 Å². The molecule has 2 aromatic rings. The van der Waals surface area contributed by atoms with Gasteiger partial charge in [-0.25, -0.2) is 13.1 Å². The number of nitrogens with zero attached hydrogens (tertiary/aromatic N) is 1. The van der Waals surface area contributed by atoms with Crippen molar-refractivity contribution in [1.29, 1.82) is 0 Å². The summed E-state index contributed by atoms with van der Waals surface area (Å²) in [5.74, 6) is 0. The number of pyridine rings is 1. The minimum absolute atomic E-state index is 0.150. The molecule has 1 heterocycles. The minimum Gasteiger partial charge on any atom is -0.392 e. The summed E-state index contributed by atoms with van der Waals surface area (Å²) in [6.07, 6.45) is 1.64. The molecule has 1 aromatic carbocycles. The standard InChI is InChI=1S/C15H18N2O3S/c1-11-3-6-15(7-14(11)10-18)21(19,20)17-9-13-5-4-12(2)16-8-13/h3-8,17-18H,9-10H2,1-2H3. The van der Waals surface area contributed by atoms with Crippen molar-refractivity contribution < 1.29 is 13.5 Å². The molecular formula is C15H18N2O3S. The van der Waals surface area contributed by atoms with Crippen molar-refractivity contribution >= 4 is 10.0 Å². The van der Waals surface area contributed by atoms with E-state index in [2.05, 4.69) is 9.71 Å². The maximum atomic E-state index is 12.2. The molecule has 6 heteroatoms. The highest BCUT2D eigenvalue weighted by Crippen LogP contribution is 2.16. The number of nitrogens with one attached hydrogen (secondary N) is 1. The van der Waals surface area contributed by atoms with Crippen LogP contribution in [0.25, 0.3) is 0 Å². The maximum absolute atomic E-state index is 12.2. The number of aliphatic hydroxyl groups excluding tert-OH is 1. The molecule has 0 spiro atoms. The molecule has 0 radical (unpaired) electrons. The molecule has 5 nitrogen and oxygen atoms in total. The van der Waals surface area contributed by atoms with E-state index < -0.39 is 10.0 Å². The Hall–Kier alpha value is -1.76. The van der Waals surface area contributed by atoms with E-state index in [-0.39, 0.29) is 18.0 Å². The van der Waals surface area contributed by atoms with Gasteiger partial charge < -0.3 is 5.11 Å². The first kappa shape index (κ1) is 15.6. The highest BCUT2D eigenvalue weighted by atomic mass is 32.2. The van der Waals surface area contributed by atoms with Crippen LogP contribution in [0.1, 0.15) is 22.4 Å². The summed E-state index contributed by atoms with van der Waals surface area (Å²) in [5, 5.41) is 9.22. The first-order valence-corrected chi connectivity index (χ1v) is 8.02. The van der Waals surface area contributed by atoms with Gasteiger partial charge in [0.25, 0.3) is 0 Å². The Labute approximate surface area is 124 Å². The summed E-state index contributed by atoms with van der Waals surface area (Å²) in [5.41, 5.74) is 3.14. The van der Waals surface area contributed by atoms with Crippen LogP contribution in [0.15, 0.2) is 41.4 Å². The van der Waals surface area contributed by atoms with Gasteiger partial charge in [-0.05, 0) is 48.7 Å². The molecule has 21 heavy (non-hydrogen) atoms. The van der Waals surface area contributed by atoms with Crippen molar-refractivity contribution in [3.63, 3.8) is 0 Å². The SMILES string of the molecule is Cc1ccc(CNS(=O)(=O)c2ccc(C)c(CO)c2)cn1. The van der Waals surface area contributed by atoms with E-state index >= 15 is 0 Å². The van der Waals surface area contributed by atoms with Gasteiger partial charge in [-0.3, -0.25) is 4.98 Å². The molecule has 0 fully saturated rings. The van der Waals surface area contributed by atoms with Gasteiger partial charge in [0.1, 0.15) is 0 Å². The Morgan fingerprint density at radius 1 is 1.19 bits per heavy atom. The average molecular weight is 306 g/mol. The molecule has 0 atom stereocenters. The average Bonchev–Trinajstić information content (AvgIpc) is 2.47. The Morgan fingerprint density at radius 2 is 1.95 bits per heavy atom. The van der Waals surface area contributed by atoms with Gasteiger partial charge in [-0.1, -0.05) is 12.1 Å². The quantitative estimate of drug-likeness (QED) is 0.880. The number of hydrogen-bond donors (Lipinski definition) is 2. The Bertz CT molecular complexity index is 725. The number of rotatable bonds is 5. The Balaban J connectivity index is 2.16. The van der Waals surface area contributed by atoms with E-state index in [0.717, 1.165) is 16.8 Å². The summed E-state index contributed by atoms with van der Waals surface area (Å²) >= 11 is 0. The normalized spacial score (nSPS) is 11.6. The molecule has 112 valence electrons. The number of aromatic nitrogens is 1. The van der Waals surface area contributed by atoms with Crippen LogP contribution in [0.2, 0.25) is 0 Å². The third kappa shape index (κ3) is 3.87. The van der Waals surface area contributed by atoms with Crippen molar-refractivity contribution in [2.45, 2.75) is 31.9 Å². The molecule has 1 aromatic heterocycles. The van der Waals surface area contributed by atoms with Gasteiger partial charge in [0, 0.05) is 18.4 Å². The zero-order valence-electron chi connectivity index (χ0n) is 12.0. The summed E-state index contributed by atoms with van der Waals surface area (Å²) in [6.45, 7) is 3.69. The monoisotopic (exact) mass is 306 g/mol. The Morgan fingerprint density at radius 3 is 2.57 bits per heavy atom. The van der Waals surface area contributed by atoms with Crippen LogP contribution in [0.4, 0.5) is 0 Å². The van der Waals surface area contributed by atoms with Crippen LogP contribution in [-0.2, 0) is 23.2 Å². The highest BCUT2D eigenvalue weighted by Gasteiger charge is 2.15. The molecule has 0 saturated heterocycles. The molecular weight excluding hydrogens is 288 g/mol. The fourth-order valence-corrected chi connectivity index (χ4v) is 2.92. The zero-order valence-corrected chi connectivity index (χ0v) is 12.8. The summed E-state index contributed by atoms with van der Waals surface area (Å²) < 4.78 is 27.0. The van der Waals surface area contributed by atoms with Crippen LogP contribution in [0.3, 0.4) is 0 Å². The molecule has 0 amide bonds. The predicted octanol–water partition coefficient (Wildman–Crippen LogP) is 1.67. The van der Waals surface area contributed by atoms with E-state index in [9.17, 15) is 13.5 Å². The lowest BCUT2D eigenvalue weighted by Gasteiger charge is -2.09. The van der Waals surface area contributed by atoms with Crippen LogP contribution in [0.5, 0.6) is 0 Å². The van der Waals surface area contributed by atoms with Gasteiger partial charge >= 0.3 is 0 Å². The number of aryl methyl sites for hydroxylation is 2. The first-order chi connectivity index (χ1) is 9.92. The minimum atomic E-state index is -3.61. The highest BCUT2D eigenvalue weighted by molar-refractivity contribution is 7.89. The molecule has 2 N–H and O–H groups in total. The number of hydrogen-bond acceptors (Lipinski definition) is 4. The molecule has 2 rings (SSSR count). The van der Waals surface area contributed by atoms with Gasteiger partial charge in [0.15, 0.2) is 0 Å². The van der Waals surface area contributed by atoms with E-state index in [1.54, 1.807) is 12.3 Å². The lowest BCUT2D eigenvalue weighted by Crippen LogP contribution is -2.23.